The summed E-state index contributed by atoms with van der Waals surface area (Å²) < 4.78 is 10.3. The molecule has 3 rings (SSSR count). The third-order valence-corrected chi connectivity index (χ3v) is 3.84. The molecule has 25 heavy (non-hydrogen) atoms. The number of nitro groups is 1. The molecule has 0 aromatic heterocycles. The van der Waals surface area contributed by atoms with Gasteiger partial charge in [-0.1, -0.05) is 42.5 Å². The average molecular weight is 337 g/mol. The van der Waals surface area contributed by atoms with Gasteiger partial charge in [0.05, 0.1) is 17.6 Å². The molecule has 0 atom stereocenters. The first kappa shape index (κ1) is 16.4. The monoisotopic (exact) mass is 337 g/mol. The molecule has 0 saturated carbocycles. The second kappa shape index (κ2) is 7.00. The molecule has 0 bridgehead atoms. The van der Waals surface area contributed by atoms with Gasteiger partial charge in [0.15, 0.2) is 5.75 Å². The fraction of sp³-hybridized carbons (Fsp3) is 0.105. The zero-order chi connectivity index (χ0) is 17.8. The van der Waals surface area contributed by atoms with Crippen LogP contribution in [0.4, 0.5) is 5.69 Å². The fourth-order valence-corrected chi connectivity index (χ4v) is 2.60. The number of carbonyl (C=O) groups is 1. The van der Waals surface area contributed by atoms with Crippen LogP contribution in [0.3, 0.4) is 0 Å². The van der Waals surface area contributed by atoms with Crippen LogP contribution in [0.2, 0.25) is 0 Å². The van der Waals surface area contributed by atoms with Gasteiger partial charge in [-0.2, -0.15) is 0 Å². The van der Waals surface area contributed by atoms with Crippen LogP contribution in [0.5, 0.6) is 5.75 Å². The molecule has 6 nitrogen and oxygen atoms in total. The van der Waals surface area contributed by atoms with Crippen molar-refractivity contribution >= 4 is 22.4 Å². The van der Waals surface area contributed by atoms with Crippen molar-refractivity contribution in [3.8, 4) is 5.75 Å². The molecule has 0 heterocycles. The zero-order valence-corrected chi connectivity index (χ0v) is 13.5. The van der Waals surface area contributed by atoms with E-state index in [1.165, 1.54) is 25.3 Å². The number of hydrogen-bond donors (Lipinski definition) is 0. The molecule has 6 heteroatoms. The quantitative estimate of drug-likeness (QED) is 0.398. The van der Waals surface area contributed by atoms with E-state index in [4.69, 9.17) is 4.74 Å². The Hall–Kier alpha value is -3.41. The van der Waals surface area contributed by atoms with Gasteiger partial charge in [0.2, 0.25) is 0 Å². The number of rotatable bonds is 5. The van der Waals surface area contributed by atoms with E-state index in [0.717, 1.165) is 16.3 Å². The summed E-state index contributed by atoms with van der Waals surface area (Å²) in [4.78, 5) is 22.3. The molecule has 0 fully saturated rings. The number of fused-ring (bicyclic) bond motifs is 1. The molecule has 0 amide bonds. The highest BCUT2D eigenvalue weighted by atomic mass is 16.6. The maximum Gasteiger partial charge on any atom is 0.337 e. The Kier molecular flexibility index (Phi) is 4.61. The van der Waals surface area contributed by atoms with Crippen molar-refractivity contribution in [2.24, 2.45) is 0 Å². The lowest BCUT2D eigenvalue weighted by Crippen LogP contribution is -2.04. The first-order valence-corrected chi connectivity index (χ1v) is 7.56. The number of benzene rings is 3. The minimum Gasteiger partial charge on any atom is -0.482 e. The molecule has 0 aliphatic heterocycles. The van der Waals surface area contributed by atoms with Gasteiger partial charge in [-0.3, -0.25) is 10.1 Å². The van der Waals surface area contributed by atoms with Crippen molar-refractivity contribution in [1.29, 1.82) is 0 Å². The average Bonchev–Trinajstić information content (AvgIpc) is 2.65. The summed E-state index contributed by atoms with van der Waals surface area (Å²) in [5, 5.41) is 13.3. The Bertz CT molecular complexity index is 946. The van der Waals surface area contributed by atoms with E-state index in [9.17, 15) is 14.9 Å². The molecule has 0 spiro atoms. The molecular weight excluding hydrogens is 322 g/mol. The van der Waals surface area contributed by atoms with Gasteiger partial charge in [-0.15, -0.1) is 0 Å². The van der Waals surface area contributed by atoms with Crippen molar-refractivity contribution in [1.82, 2.24) is 0 Å². The summed E-state index contributed by atoms with van der Waals surface area (Å²) in [5.41, 5.74) is 0.893. The van der Waals surface area contributed by atoms with Crippen molar-refractivity contribution in [3.63, 3.8) is 0 Å². The standard InChI is InChI=1S/C19H15NO5/c1-24-19(21)14-9-10-17(20(22)23)18(11-14)25-12-15-7-4-6-13-5-2-3-8-16(13)15/h2-11H,12H2,1H3. The van der Waals surface area contributed by atoms with Crippen molar-refractivity contribution in [2.45, 2.75) is 6.61 Å². The van der Waals surface area contributed by atoms with Crippen LogP contribution in [-0.2, 0) is 11.3 Å². The molecule has 0 radical (unpaired) electrons. The molecule has 0 aliphatic carbocycles. The SMILES string of the molecule is COC(=O)c1ccc([N+](=O)[O-])c(OCc2cccc3ccccc23)c1. The highest BCUT2D eigenvalue weighted by molar-refractivity contribution is 5.90. The molecule has 0 N–H and O–H groups in total. The van der Waals surface area contributed by atoms with E-state index in [-0.39, 0.29) is 23.6 Å². The van der Waals surface area contributed by atoms with Gasteiger partial charge >= 0.3 is 11.7 Å². The van der Waals surface area contributed by atoms with Gasteiger partial charge in [-0.25, -0.2) is 4.79 Å². The molecule has 126 valence electrons. The molecule has 0 saturated heterocycles. The van der Waals surface area contributed by atoms with Crippen LogP contribution in [0, 0.1) is 10.1 Å². The fourth-order valence-electron chi connectivity index (χ4n) is 2.60. The Morgan fingerprint density at radius 3 is 2.60 bits per heavy atom. The molecular formula is C19H15NO5. The summed E-state index contributed by atoms with van der Waals surface area (Å²) in [7, 11) is 1.25. The first-order chi connectivity index (χ1) is 12.1. The van der Waals surface area contributed by atoms with Crippen LogP contribution in [0.15, 0.2) is 60.7 Å². The second-order valence-electron chi connectivity index (χ2n) is 5.36. The third-order valence-electron chi connectivity index (χ3n) is 3.84. The van der Waals surface area contributed by atoms with Crippen molar-refractivity contribution in [2.75, 3.05) is 7.11 Å². The third kappa shape index (κ3) is 3.42. The number of methoxy groups -OCH3 is 1. The molecule has 3 aromatic rings. The summed E-state index contributed by atoms with van der Waals surface area (Å²) >= 11 is 0. The zero-order valence-electron chi connectivity index (χ0n) is 13.5. The van der Waals surface area contributed by atoms with E-state index in [0.29, 0.717) is 0 Å². The summed E-state index contributed by atoms with van der Waals surface area (Å²) in [5.74, 6) is -0.550. The molecule has 0 unspecified atom stereocenters. The Morgan fingerprint density at radius 1 is 1.08 bits per heavy atom. The summed E-state index contributed by atoms with van der Waals surface area (Å²) in [6, 6.07) is 17.5. The normalized spacial score (nSPS) is 10.4. The van der Waals surface area contributed by atoms with E-state index < -0.39 is 10.9 Å². The smallest absolute Gasteiger partial charge is 0.337 e. The van der Waals surface area contributed by atoms with E-state index in [2.05, 4.69) is 4.74 Å². The lowest BCUT2D eigenvalue weighted by Gasteiger charge is -2.10. The van der Waals surface area contributed by atoms with E-state index in [1.54, 1.807) is 0 Å². The van der Waals surface area contributed by atoms with Crippen LogP contribution >= 0.6 is 0 Å². The Labute approximate surface area is 143 Å². The number of carbonyl (C=O) groups excluding carboxylic acids is 1. The van der Waals surface area contributed by atoms with Gasteiger partial charge in [0, 0.05) is 12.1 Å². The van der Waals surface area contributed by atoms with E-state index in [1.807, 2.05) is 42.5 Å². The van der Waals surface area contributed by atoms with Crippen LogP contribution in [-0.4, -0.2) is 18.0 Å². The Morgan fingerprint density at radius 2 is 1.84 bits per heavy atom. The largest absolute Gasteiger partial charge is 0.482 e. The Balaban J connectivity index is 1.93. The first-order valence-electron chi connectivity index (χ1n) is 7.56. The topological polar surface area (TPSA) is 78.7 Å². The minimum atomic E-state index is -0.579. The van der Waals surface area contributed by atoms with E-state index >= 15 is 0 Å². The number of ether oxygens (including phenoxy) is 2. The summed E-state index contributed by atoms with van der Waals surface area (Å²) in [6.07, 6.45) is 0. The van der Waals surface area contributed by atoms with Crippen LogP contribution in [0.25, 0.3) is 10.8 Å². The van der Waals surface area contributed by atoms with Gasteiger partial charge in [0.25, 0.3) is 0 Å². The number of nitrogens with zero attached hydrogens (tertiary/aromatic N) is 1. The van der Waals surface area contributed by atoms with Gasteiger partial charge < -0.3 is 9.47 Å². The summed E-state index contributed by atoms with van der Waals surface area (Å²) in [6.45, 7) is 0.146. The highest BCUT2D eigenvalue weighted by Gasteiger charge is 2.19. The number of esters is 1. The lowest BCUT2D eigenvalue weighted by atomic mass is 10.1. The van der Waals surface area contributed by atoms with Crippen LogP contribution < -0.4 is 4.74 Å². The minimum absolute atomic E-state index is 0.0286. The predicted molar refractivity (Wildman–Crippen MR) is 92.7 cm³/mol. The number of hydrogen-bond acceptors (Lipinski definition) is 5. The second-order valence-corrected chi connectivity index (χ2v) is 5.36. The number of nitro benzene ring substituents is 1. The van der Waals surface area contributed by atoms with Gasteiger partial charge in [-0.05, 0) is 22.4 Å². The maximum absolute atomic E-state index is 11.6. The predicted octanol–water partition coefficient (Wildman–Crippen LogP) is 4.11. The van der Waals surface area contributed by atoms with Crippen LogP contribution in [0.1, 0.15) is 15.9 Å². The van der Waals surface area contributed by atoms with Crippen molar-refractivity contribution in [3.05, 3.63) is 81.9 Å². The van der Waals surface area contributed by atoms with Gasteiger partial charge in [0.1, 0.15) is 6.61 Å². The maximum atomic E-state index is 11.6. The molecule has 3 aromatic carbocycles. The molecule has 0 aliphatic rings. The highest BCUT2D eigenvalue weighted by Crippen LogP contribution is 2.30. The lowest BCUT2D eigenvalue weighted by molar-refractivity contribution is -0.385. The van der Waals surface area contributed by atoms with Crippen molar-refractivity contribution < 1.29 is 19.2 Å².